The number of nitrogens with zero attached hydrogens (tertiary/aromatic N) is 1. The van der Waals surface area contributed by atoms with E-state index in [4.69, 9.17) is 0 Å². The molecule has 0 radical (unpaired) electrons. The monoisotopic (exact) mass is 265 g/mol. The second kappa shape index (κ2) is 5.12. The van der Waals surface area contributed by atoms with Gasteiger partial charge in [-0.25, -0.2) is 0 Å². The molecule has 0 bridgehead atoms. The van der Waals surface area contributed by atoms with Crippen LogP contribution in [0.5, 0.6) is 0 Å². The molecule has 3 rings (SSSR count). The molecule has 1 aliphatic rings. The molecule has 0 aromatic heterocycles. The summed E-state index contributed by atoms with van der Waals surface area (Å²) in [5.74, 6) is 0.244. The van der Waals surface area contributed by atoms with Crippen LogP contribution in [-0.2, 0) is 4.79 Å². The zero-order chi connectivity index (χ0) is 14.1. The molecule has 0 saturated heterocycles. The van der Waals surface area contributed by atoms with E-state index in [1.807, 2.05) is 11.0 Å². The molecule has 0 saturated carbocycles. The van der Waals surface area contributed by atoms with Crippen LogP contribution in [0.1, 0.15) is 42.5 Å². The lowest BCUT2D eigenvalue weighted by molar-refractivity contribution is -0.123. The third-order valence-corrected chi connectivity index (χ3v) is 4.46. The Morgan fingerprint density at radius 1 is 0.900 bits per heavy atom. The highest BCUT2D eigenvalue weighted by Crippen LogP contribution is 2.42. The molecule has 3 atom stereocenters. The quantitative estimate of drug-likeness (QED) is 0.757. The van der Waals surface area contributed by atoms with Gasteiger partial charge in [-0.1, -0.05) is 54.6 Å². The van der Waals surface area contributed by atoms with E-state index >= 15 is 0 Å². The van der Waals surface area contributed by atoms with Crippen molar-refractivity contribution in [3.05, 3.63) is 71.3 Å². The van der Waals surface area contributed by atoms with Gasteiger partial charge < -0.3 is 4.90 Å². The summed E-state index contributed by atoms with van der Waals surface area (Å²) in [6.07, 6.45) is 0.987. The summed E-state index contributed by atoms with van der Waals surface area (Å²) < 4.78 is 0. The highest BCUT2D eigenvalue weighted by atomic mass is 16.1. The Morgan fingerprint density at radius 3 is 2.15 bits per heavy atom. The predicted octanol–water partition coefficient (Wildman–Crippen LogP) is 3.74. The van der Waals surface area contributed by atoms with Crippen molar-refractivity contribution in [3.8, 4) is 0 Å². The molecule has 2 nitrogen and oxygen atoms in total. The molecule has 2 heteroatoms. The molecule has 1 aliphatic heterocycles. The largest absolute Gasteiger partial charge is 0.335 e. The number of benzene rings is 2. The second-order valence-corrected chi connectivity index (χ2v) is 5.49. The number of carbonyl (C=O) groups excluding carboxylic acids is 1. The van der Waals surface area contributed by atoms with Gasteiger partial charge in [0, 0.05) is 12.0 Å². The lowest BCUT2D eigenvalue weighted by atomic mass is 9.77. The Balaban J connectivity index is 2.17. The van der Waals surface area contributed by atoms with Crippen molar-refractivity contribution < 1.29 is 4.79 Å². The van der Waals surface area contributed by atoms with Crippen molar-refractivity contribution in [1.29, 1.82) is 0 Å². The Labute approximate surface area is 120 Å². The molecule has 20 heavy (non-hydrogen) atoms. The third-order valence-electron chi connectivity index (χ3n) is 4.46. The summed E-state index contributed by atoms with van der Waals surface area (Å²) in [6.45, 7) is 4.24. The Morgan fingerprint density at radius 2 is 1.50 bits per heavy atom. The zero-order valence-electron chi connectivity index (χ0n) is 11.9. The topological polar surface area (TPSA) is 20.3 Å². The van der Waals surface area contributed by atoms with Crippen LogP contribution in [0.4, 0.5) is 0 Å². The van der Waals surface area contributed by atoms with E-state index in [1.54, 1.807) is 0 Å². The number of rotatable bonds is 2. The maximum Gasteiger partial charge on any atom is 0.210 e. The molecule has 1 amide bonds. The van der Waals surface area contributed by atoms with E-state index in [1.165, 1.54) is 16.7 Å². The summed E-state index contributed by atoms with van der Waals surface area (Å²) in [5.41, 5.74) is 3.87. The van der Waals surface area contributed by atoms with Gasteiger partial charge in [0.1, 0.15) is 0 Å². The van der Waals surface area contributed by atoms with Gasteiger partial charge in [-0.3, -0.25) is 4.79 Å². The van der Waals surface area contributed by atoms with Crippen LogP contribution in [0.15, 0.2) is 54.6 Å². The lowest BCUT2D eigenvalue weighted by Gasteiger charge is -2.43. The van der Waals surface area contributed by atoms with E-state index < -0.39 is 0 Å². The highest BCUT2D eigenvalue weighted by molar-refractivity contribution is 5.54. The first-order valence-electron chi connectivity index (χ1n) is 7.10. The highest BCUT2D eigenvalue weighted by Gasteiger charge is 2.36. The fourth-order valence-corrected chi connectivity index (χ4v) is 3.43. The van der Waals surface area contributed by atoms with Crippen LogP contribution in [0.3, 0.4) is 0 Å². The molecule has 0 spiro atoms. The van der Waals surface area contributed by atoms with Crippen LogP contribution < -0.4 is 0 Å². The summed E-state index contributed by atoms with van der Waals surface area (Å²) in [6, 6.07) is 19.2. The standard InChI is InChI=1S/C18H19NO/c1-13-16-10-6-7-11-17(16)18(14(2)19(13)12-20)15-8-4-3-5-9-15/h3-14,18H,1-2H3/t13-,14+,18?/m1/s1. The SMILES string of the molecule is C[C@@H]1c2ccccc2C(c2ccccc2)[C@H](C)N1C=O. The van der Waals surface area contributed by atoms with Gasteiger partial charge in [-0.05, 0) is 30.5 Å². The molecule has 0 fully saturated rings. The average molecular weight is 265 g/mol. The minimum absolute atomic E-state index is 0.138. The molecule has 1 unspecified atom stereocenters. The minimum atomic E-state index is 0.138. The summed E-state index contributed by atoms with van der Waals surface area (Å²) in [5, 5.41) is 0. The summed E-state index contributed by atoms with van der Waals surface area (Å²) in [4.78, 5) is 13.4. The van der Waals surface area contributed by atoms with Crippen LogP contribution in [0.25, 0.3) is 0 Å². The van der Waals surface area contributed by atoms with Crippen molar-refractivity contribution in [3.63, 3.8) is 0 Å². The molecule has 2 aromatic rings. The van der Waals surface area contributed by atoms with E-state index in [0.29, 0.717) is 0 Å². The molecule has 2 aromatic carbocycles. The summed E-state index contributed by atoms with van der Waals surface area (Å²) >= 11 is 0. The first-order valence-corrected chi connectivity index (χ1v) is 7.10. The molecule has 0 N–H and O–H groups in total. The van der Waals surface area contributed by atoms with Crippen molar-refractivity contribution in [2.75, 3.05) is 0 Å². The Kier molecular flexibility index (Phi) is 3.31. The smallest absolute Gasteiger partial charge is 0.210 e. The lowest BCUT2D eigenvalue weighted by Crippen LogP contribution is -2.43. The molecular formula is C18H19NO. The molecule has 102 valence electrons. The van der Waals surface area contributed by atoms with Crippen LogP contribution in [-0.4, -0.2) is 17.4 Å². The maximum atomic E-state index is 11.5. The van der Waals surface area contributed by atoms with Crippen LogP contribution in [0, 0.1) is 0 Å². The van der Waals surface area contributed by atoms with E-state index in [-0.39, 0.29) is 18.0 Å². The number of amides is 1. The second-order valence-electron chi connectivity index (χ2n) is 5.49. The van der Waals surface area contributed by atoms with Gasteiger partial charge in [0.2, 0.25) is 6.41 Å². The third kappa shape index (κ3) is 1.92. The summed E-state index contributed by atoms with van der Waals surface area (Å²) in [7, 11) is 0. The van der Waals surface area contributed by atoms with Crippen molar-refractivity contribution in [2.24, 2.45) is 0 Å². The van der Waals surface area contributed by atoms with Gasteiger partial charge >= 0.3 is 0 Å². The molecular weight excluding hydrogens is 246 g/mol. The van der Waals surface area contributed by atoms with Crippen molar-refractivity contribution >= 4 is 6.41 Å². The van der Waals surface area contributed by atoms with Gasteiger partial charge in [-0.2, -0.15) is 0 Å². The average Bonchev–Trinajstić information content (AvgIpc) is 2.49. The van der Waals surface area contributed by atoms with E-state index in [9.17, 15) is 4.79 Å². The first kappa shape index (κ1) is 12.9. The maximum absolute atomic E-state index is 11.5. The minimum Gasteiger partial charge on any atom is -0.335 e. The molecule has 1 heterocycles. The van der Waals surface area contributed by atoms with Crippen molar-refractivity contribution in [2.45, 2.75) is 31.8 Å². The Hall–Kier alpha value is -2.09. The van der Waals surface area contributed by atoms with Gasteiger partial charge in [0.05, 0.1) is 6.04 Å². The Bertz CT molecular complexity index is 608. The van der Waals surface area contributed by atoms with E-state index in [0.717, 1.165) is 6.41 Å². The van der Waals surface area contributed by atoms with E-state index in [2.05, 4.69) is 62.4 Å². The van der Waals surface area contributed by atoms with Crippen molar-refractivity contribution in [1.82, 2.24) is 4.90 Å². The number of carbonyl (C=O) groups is 1. The normalized spacial score (nSPS) is 25.1. The number of hydrogen-bond acceptors (Lipinski definition) is 1. The number of hydrogen-bond donors (Lipinski definition) is 0. The first-order chi connectivity index (χ1) is 9.74. The van der Waals surface area contributed by atoms with Gasteiger partial charge in [0.15, 0.2) is 0 Å². The van der Waals surface area contributed by atoms with Crippen LogP contribution >= 0.6 is 0 Å². The van der Waals surface area contributed by atoms with Gasteiger partial charge in [0.25, 0.3) is 0 Å². The van der Waals surface area contributed by atoms with Gasteiger partial charge in [-0.15, -0.1) is 0 Å². The predicted molar refractivity (Wildman–Crippen MR) is 80.5 cm³/mol. The molecule has 0 aliphatic carbocycles. The fraction of sp³-hybridized carbons (Fsp3) is 0.278. The van der Waals surface area contributed by atoms with Crippen LogP contribution in [0.2, 0.25) is 0 Å². The zero-order valence-corrected chi connectivity index (χ0v) is 11.9. The fourth-order valence-electron chi connectivity index (χ4n) is 3.43. The number of fused-ring (bicyclic) bond motifs is 1.